The highest BCUT2D eigenvalue weighted by Crippen LogP contribution is 2.68. The van der Waals surface area contributed by atoms with Crippen LogP contribution < -0.4 is 5.43 Å². The van der Waals surface area contributed by atoms with Gasteiger partial charge in [-0.25, -0.2) is 0 Å². The number of aliphatic hydroxyl groups is 2. The van der Waals surface area contributed by atoms with Gasteiger partial charge < -0.3 is 19.5 Å². The molecule has 2 heterocycles. The lowest BCUT2D eigenvalue weighted by molar-refractivity contribution is 0.0728. The van der Waals surface area contributed by atoms with Crippen LogP contribution in [0.3, 0.4) is 0 Å². The first-order valence-corrected chi connectivity index (χ1v) is 8.72. The van der Waals surface area contributed by atoms with E-state index in [0.717, 1.165) is 5.56 Å². The number of hydrogen-bond donors (Lipinski definition) is 2. The summed E-state index contributed by atoms with van der Waals surface area (Å²) in [7, 11) is 0. The SMILES string of the molecule is Cc1cc(=O)cc(C(=O)N2C[C@H](O)[C@@]3(C2)[C@H](CO)[C@H]3c2ccccc2)o1. The van der Waals surface area contributed by atoms with E-state index in [9.17, 15) is 19.8 Å². The van der Waals surface area contributed by atoms with Crippen LogP contribution >= 0.6 is 0 Å². The molecule has 1 saturated heterocycles. The molecule has 1 saturated carbocycles. The van der Waals surface area contributed by atoms with Gasteiger partial charge in [0.05, 0.1) is 6.10 Å². The Labute approximate surface area is 150 Å². The molecule has 0 unspecified atom stereocenters. The lowest BCUT2D eigenvalue weighted by Crippen LogP contribution is -2.30. The highest BCUT2D eigenvalue weighted by atomic mass is 16.3. The minimum atomic E-state index is -0.731. The molecular formula is C20H21NO5. The molecule has 6 heteroatoms. The van der Waals surface area contributed by atoms with Crippen LogP contribution in [0.4, 0.5) is 0 Å². The fourth-order valence-corrected chi connectivity index (χ4v) is 4.59. The van der Waals surface area contributed by atoms with Crippen molar-refractivity contribution in [2.24, 2.45) is 11.3 Å². The predicted octanol–water partition coefficient (Wildman–Crippen LogP) is 1.16. The molecule has 26 heavy (non-hydrogen) atoms. The average molecular weight is 355 g/mol. The summed E-state index contributed by atoms with van der Waals surface area (Å²) in [5, 5.41) is 20.6. The second-order valence-corrected chi connectivity index (χ2v) is 7.26. The first-order valence-electron chi connectivity index (χ1n) is 8.72. The van der Waals surface area contributed by atoms with Crippen LogP contribution in [0, 0.1) is 18.3 Å². The van der Waals surface area contributed by atoms with E-state index < -0.39 is 17.4 Å². The minimum Gasteiger partial charge on any atom is -0.456 e. The molecule has 1 amide bonds. The minimum absolute atomic E-state index is 0.00557. The van der Waals surface area contributed by atoms with Gasteiger partial charge in [-0.2, -0.15) is 0 Å². The quantitative estimate of drug-likeness (QED) is 0.862. The Morgan fingerprint density at radius 2 is 2.04 bits per heavy atom. The van der Waals surface area contributed by atoms with Crippen LogP contribution in [0.25, 0.3) is 0 Å². The van der Waals surface area contributed by atoms with Gasteiger partial charge in [-0.05, 0) is 24.3 Å². The van der Waals surface area contributed by atoms with E-state index >= 15 is 0 Å². The molecule has 136 valence electrons. The van der Waals surface area contributed by atoms with Gasteiger partial charge in [-0.1, -0.05) is 30.3 Å². The van der Waals surface area contributed by atoms with Crippen LogP contribution in [-0.2, 0) is 0 Å². The third-order valence-corrected chi connectivity index (χ3v) is 5.78. The van der Waals surface area contributed by atoms with E-state index in [-0.39, 0.29) is 36.2 Å². The van der Waals surface area contributed by atoms with Gasteiger partial charge in [0.15, 0.2) is 11.2 Å². The maximum Gasteiger partial charge on any atom is 0.289 e. The van der Waals surface area contributed by atoms with Crippen molar-refractivity contribution in [3.63, 3.8) is 0 Å². The fraction of sp³-hybridized carbons (Fsp3) is 0.400. The third-order valence-electron chi connectivity index (χ3n) is 5.78. The summed E-state index contributed by atoms with van der Waals surface area (Å²) >= 11 is 0. The predicted molar refractivity (Wildman–Crippen MR) is 93.8 cm³/mol. The van der Waals surface area contributed by atoms with Crippen molar-refractivity contribution in [3.8, 4) is 0 Å². The third kappa shape index (κ3) is 2.48. The lowest BCUT2D eigenvalue weighted by Gasteiger charge is -2.16. The molecule has 1 aromatic heterocycles. The summed E-state index contributed by atoms with van der Waals surface area (Å²) in [6.45, 7) is 2.07. The van der Waals surface area contributed by atoms with Gasteiger partial charge in [-0.3, -0.25) is 9.59 Å². The Hall–Kier alpha value is -2.44. The molecule has 2 N–H and O–H groups in total. The number of benzene rings is 1. The van der Waals surface area contributed by atoms with E-state index in [4.69, 9.17) is 4.42 Å². The Kier molecular flexibility index (Phi) is 3.97. The van der Waals surface area contributed by atoms with E-state index in [0.29, 0.717) is 12.3 Å². The largest absolute Gasteiger partial charge is 0.456 e. The van der Waals surface area contributed by atoms with Gasteiger partial charge >= 0.3 is 0 Å². The van der Waals surface area contributed by atoms with Crippen molar-refractivity contribution in [3.05, 3.63) is 69.8 Å². The highest BCUT2D eigenvalue weighted by Gasteiger charge is 2.71. The molecule has 0 bridgehead atoms. The van der Waals surface area contributed by atoms with Crippen LogP contribution in [0.5, 0.6) is 0 Å². The molecule has 1 aromatic carbocycles. The van der Waals surface area contributed by atoms with Crippen LogP contribution in [-0.4, -0.2) is 46.8 Å². The van der Waals surface area contributed by atoms with E-state index in [1.54, 1.807) is 6.92 Å². The Balaban J connectivity index is 1.62. The molecule has 1 spiro atoms. The maximum atomic E-state index is 12.8. The zero-order valence-corrected chi connectivity index (χ0v) is 14.5. The Morgan fingerprint density at radius 3 is 2.69 bits per heavy atom. The summed E-state index contributed by atoms with van der Waals surface area (Å²) < 4.78 is 5.40. The zero-order chi connectivity index (χ0) is 18.5. The molecule has 2 fully saturated rings. The number of rotatable bonds is 3. The summed E-state index contributed by atoms with van der Waals surface area (Å²) in [5.41, 5.74) is 0.228. The molecule has 0 radical (unpaired) electrons. The van der Waals surface area contributed by atoms with Crippen molar-refractivity contribution < 1.29 is 19.4 Å². The number of carbonyl (C=O) groups is 1. The average Bonchev–Trinajstić information content (AvgIpc) is 3.16. The maximum absolute atomic E-state index is 12.8. The molecule has 6 nitrogen and oxygen atoms in total. The van der Waals surface area contributed by atoms with Crippen molar-refractivity contribution in [2.45, 2.75) is 18.9 Å². The van der Waals surface area contributed by atoms with E-state index in [2.05, 4.69) is 0 Å². The Morgan fingerprint density at radius 1 is 1.31 bits per heavy atom. The van der Waals surface area contributed by atoms with Gasteiger partial charge in [0.2, 0.25) is 0 Å². The Bertz CT molecular complexity index is 893. The van der Waals surface area contributed by atoms with Gasteiger partial charge in [0.1, 0.15) is 5.76 Å². The molecular weight excluding hydrogens is 334 g/mol. The second-order valence-electron chi connectivity index (χ2n) is 7.26. The smallest absolute Gasteiger partial charge is 0.289 e. The number of aliphatic hydroxyl groups excluding tert-OH is 2. The van der Waals surface area contributed by atoms with Crippen LogP contribution in [0.1, 0.15) is 27.8 Å². The number of β-amino-alcohol motifs (C(OH)–C–C–N with tert-alkyl or cyclic N) is 1. The molecule has 4 atom stereocenters. The zero-order valence-electron chi connectivity index (χ0n) is 14.5. The molecule has 2 aliphatic rings. The van der Waals surface area contributed by atoms with E-state index in [1.807, 2.05) is 30.3 Å². The van der Waals surface area contributed by atoms with Crippen LogP contribution in [0.2, 0.25) is 0 Å². The first-order chi connectivity index (χ1) is 12.5. The van der Waals surface area contributed by atoms with Gasteiger partial charge in [0.25, 0.3) is 5.91 Å². The number of amides is 1. The number of hydrogen-bond acceptors (Lipinski definition) is 5. The summed E-state index contributed by atoms with van der Waals surface area (Å²) in [6.07, 6.45) is -0.731. The first kappa shape index (κ1) is 17.0. The molecule has 2 aromatic rings. The monoisotopic (exact) mass is 355 g/mol. The lowest BCUT2D eigenvalue weighted by atomic mass is 9.95. The number of aryl methyl sites for hydroxylation is 1. The summed E-state index contributed by atoms with van der Waals surface area (Å²) in [4.78, 5) is 25.9. The topological polar surface area (TPSA) is 91.0 Å². The van der Waals surface area contributed by atoms with Gasteiger partial charge in [0, 0.05) is 37.2 Å². The highest BCUT2D eigenvalue weighted by molar-refractivity contribution is 5.91. The van der Waals surface area contributed by atoms with Gasteiger partial charge in [-0.15, -0.1) is 0 Å². The number of nitrogens with zero attached hydrogens (tertiary/aromatic N) is 1. The molecule has 1 aliphatic heterocycles. The fourth-order valence-electron chi connectivity index (χ4n) is 4.59. The van der Waals surface area contributed by atoms with Crippen molar-refractivity contribution in [1.82, 2.24) is 4.90 Å². The van der Waals surface area contributed by atoms with Crippen molar-refractivity contribution in [2.75, 3.05) is 19.7 Å². The second kappa shape index (κ2) is 6.07. The van der Waals surface area contributed by atoms with E-state index in [1.165, 1.54) is 17.0 Å². The summed E-state index contributed by atoms with van der Waals surface area (Å²) in [5.74, 6) is -0.140. The van der Waals surface area contributed by atoms with Crippen molar-refractivity contribution in [1.29, 1.82) is 0 Å². The van der Waals surface area contributed by atoms with Crippen LogP contribution in [0.15, 0.2) is 51.7 Å². The standard InChI is InChI=1S/C20H21NO5/c1-12-7-14(23)8-16(26-12)19(25)21-9-17(24)20(11-21)15(10-22)18(20)13-5-3-2-4-6-13/h2-8,15,17-18,22,24H,9-11H2,1H3/t15-,17+,18-,20-/m1/s1. The van der Waals surface area contributed by atoms with Crippen molar-refractivity contribution >= 4 is 5.91 Å². The number of carbonyl (C=O) groups excluding carboxylic acids is 1. The molecule has 1 aliphatic carbocycles. The summed E-state index contributed by atoms with van der Waals surface area (Å²) in [6, 6.07) is 12.3. The molecule has 4 rings (SSSR count). The normalized spacial score (nSPS) is 30.0. The number of likely N-dealkylation sites (tertiary alicyclic amines) is 1.